The number of hydrogen-bond donors (Lipinski definition) is 6. The summed E-state index contributed by atoms with van der Waals surface area (Å²) in [6.07, 6.45) is 0.506. The second-order valence-corrected chi connectivity index (χ2v) is 17.6. The zero-order valence-electron chi connectivity index (χ0n) is 27.1. The van der Waals surface area contributed by atoms with Crippen LogP contribution in [-0.2, 0) is 44.7 Å². The smallest absolute Gasteiger partial charge is 0.267 e. The first-order valence-electron chi connectivity index (χ1n) is 14.2. The fourth-order valence-corrected chi connectivity index (χ4v) is 7.57. The van der Waals surface area contributed by atoms with Crippen molar-refractivity contribution in [3.8, 4) is 0 Å². The van der Waals surface area contributed by atoms with Crippen molar-refractivity contribution in [3.05, 3.63) is 0 Å². The van der Waals surface area contributed by atoms with Crippen LogP contribution >= 0.6 is 0 Å². The molecule has 0 saturated carbocycles. The molecule has 0 aromatic rings. The summed E-state index contributed by atoms with van der Waals surface area (Å²) in [6, 6.07) is 0. The molecule has 20 heteroatoms. The van der Waals surface area contributed by atoms with Crippen molar-refractivity contribution in [2.24, 2.45) is 0 Å². The molecule has 45 heavy (non-hydrogen) atoms. The van der Waals surface area contributed by atoms with Gasteiger partial charge in [0, 0.05) is 38.9 Å². The molecule has 0 bridgehead atoms. The van der Waals surface area contributed by atoms with Gasteiger partial charge in [0.15, 0.2) is 0 Å². The van der Waals surface area contributed by atoms with Crippen LogP contribution in [0.1, 0.15) is 67.2 Å². The molecule has 0 radical (unpaired) electrons. The van der Waals surface area contributed by atoms with Gasteiger partial charge in [-0.2, -0.15) is 25.3 Å². The normalized spacial score (nSPS) is 13.6. The Morgan fingerprint density at radius 2 is 0.822 bits per heavy atom. The van der Waals surface area contributed by atoms with Crippen molar-refractivity contribution in [2.45, 2.75) is 83.8 Å². The van der Waals surface area contributed by atoms with E-state index in [4.69, 9.17) is 13.7 Å². The molecule has 0 spiro atoms. The van der Waals surface area contributed by atoms with E-state index >= 15 is 0 Å². The number of nitrogens with one attached hydrogen (secondary N) is 3. The zero-order valence-corrected chi connectivity index (χ0v) is 29.6. The van der Waals surface area contributed by atoms with Gasteiger partial charge < -0.3 is 25.8 Å². The molecule has 0 aliphatic rings. The average Bonchev–Trinajstić information content (AvgIpc) is 2.72. The quantitative estimate of drug-likeness (QED) is 0.0747. The van der Waals surface area contributed by atoms with Crippen molar-refractivity contribution in [3.63, 3.8) is 0 Å². The highest BCUT2D eigenvalue weighted by Crippen LogP contribution is 2.10. The lowest BCUT2D eigenvalue weighted by molar-refractivity contribution is -0.123. The molecular formula is C25H51N5O12S3. The highest BCUT2D eigenvalue weighted by Gasteiger charge is 2.29. The van der Waals surface area contributed by atoms with Crippen LogP contribution in [0.15, 0.2) is 0 Å². The summed E-state index contributed by atoms with van der Waals surface area (Å²) in [7, 11) is -11.2. The summed E-state index contributed by atoms with van der Waals surface area (Å²) in [6.45, 7) is 10.4. The first-order valence-corrected chi connectivity index (χ1v) is 19.0. The second-order valence-electron chi connectivity index (χ2n) is 13.2. The van der Waals surface area contributed by atoms with E-state index in [0.717, 1.165) is 0 Å². The van der Waals surface area contributed by atoms with Crippen molar-refractivity contribution < 1.29 is 53.3 Å². The molecule has 0 aliphatic carbocycles. The molecule has 0 fully saturated rings. The van der Waals surface area contributed by atoms with Gasteiger partial charge in [-0.25, -0.2) is 0 Å². The largest absolute Gasteiger partial charge is 0.350 e. The first kappa shape index (κ1) is 43.1. The van der Waals surface area contributed by atoms with E-state index in [-0.39, 0.29) is 32.4 Å². The lowest BCUT2D eigenvalue weighted by Gasteiger charge is -2.28. The summed E-state index contributed by atoms with van der Waals surface area (Å²) in [4.78, 5) is 41.1. The second kappa shape index (κ2) is 17.3. The van der Waals surface area contributed by atoms with Crippen LogP contribution in [0.3, 0.4) is 0 Å². The van der Waals surface area contributed by atoms with Crippen LogP contribution in [-0.4, -0.2) is 140 Å². The van der Waals surface area contributed by atoms with Gasteiger partial charge in [0.05, 0.1) is 33.9 Å². The minimum Gasteiger partial charge on any atom is -0.350 e. The lowest BCUT2D eigenvalue weighted by atomic mass is 10.1. The van der Waals surface area contributed by atoms with E-state index in [0.29, 0.717) is 26.1 Å². The van der Waals surface area contributed by atoms with Gasteiger partial charge in [-0.05, 0) is 68.1 Å². The standard InChI is InChI=1S/C25H51N5O12S3/c1-23(2,17-43(34,35)36)26-20(31)9-14-29(7)12-8-13-30(15-10-21(32)27-24(3,4)18-44(37,38)39)16-11-22(33)28-25(5,6)19-45(40,41)42/h8-19H2,1-7H3,(H,26,31)(H,27,32)(H,28,33)(H,34,35,36)(H,37,38,39)(H,40,41,42). The van der Waals surface area contributed by atoms with E-state index in [1.807, 2.05) is 9.80 Å². The van der Waals surface area contributed by atoms with Crippen molar-refractivity contribution in [2.75, 3.05) is 57.0 Å². The summed E-state index contributed by atoms with van der Waals surface area (Å²) < 4.78 is 94.5. The third kappa shape index (κ3) is 24.9. The molecule has 0 saturated heterocycles. The Hall–Kier alpha value is -1.94. The molecule has 0 aromatic carbocycles. The van der Waals surface area contributed by atoms with Crippen LogP contribution in [0.5, 0.6) is 0 Å². The van der Waals surface area contributed by atoms with Crippen molar-refractivity contribution in [1.29, 1.82) is 0 Å². The predicted octanol–water partition coefficient (Wildman–Crippen LogP) is -0.872. The minimum absolute atomic E-state index is 0.0554. The van der Waals surface area contributed by atoms with Crippen molar-refractivity contribution in [1.82, 2.24) is 25.8 Å². The van der Waals surface area contributed by atoms with Crippen molar-refractivity contribution >= 4 is 48.1 Å². The van der Waals surface area contributed by atoms with Gasteiger partial charge in [-0.1, -0.05) is 0 Å². The van der Waals surface area contributed by atoms with Gasteiger partial charge in [0.25, 0.3) is 30.4 Å². The van der Waals surface area contributed by atoms with E-state index in [1.165, 1.54) is 41.5 Å². The Labute approximate surface area is 267 Å². The molecule has 0 aromatic heterocycles. The monoisotopic (exact) mass is 709 g/mol. The van der Waals surface area contributed by atoms with Gasteiger partial charge in [0.2, 0.25) is 17.7 Å². The average molecular weight is 710 g/mol. The predicted molar refractivity (Wildman–Crippen MR) is 168 cm³/mol. The number of carbonyl (C=O) groups excluding carboxylic acids is 3. The van der Waals surface area contributed by atoms with E-state index < -0.39 is 82.0 Å². The molecule has 0 aliphatic heterocycles. The van der Waals surface area contributed by atoms with Gasteiger partial charge in [-0.15, -0.1) is 0 Å². The molecule has 3 amide bonds. The van der Waals surface area contributed by atoms with Crippen LogP contribution in [0, 0.1) is 0 Å². The van der Waals surface area contributed by atoms with Crippen LogP contribution in [0.2, 0.25) is 0 Å². The number of rotatable bonds is 22. The highest BCUT2D eigenvalue weighted by molar-refractivity contribution is 7.86. The molecule has 17 nitrogen and oxygen atoms in total. The maximum Gasteiger partial charge on any atom is 0.267 e. The summed E-state index contributed by atoms with van der Waals surface area (Å²) >= 11 is 0. The molecule has 0 atom stereocenters. The Balaban J connectivity index is 5.15. The topological polar surface area (TPSA) is 257 Å². The molecule has 0 unspecified atom stereocenters. The zero-order chi connectivity index (χ0) is 35.5. The minimum atomic E-state index is -4.34. The number of carbonyl (C=O) groups is 3. The maximum atomic E-state index is 12.5. The summed E-state index contributed by atoms with van der Waals surface area (Å²) in [5, 5.41) is 7.69. The Morgan fingerprint density at radius 1 is 0.533 bits per heavy atom. The molecule has 6 N–H and O–H groups in total. The third-order valence-corrected chi connectivity index (χ3v) is 9.37. The van der Waals surface area contributed by atoms with Gasteiger partial charge >= 0.3 is 0 Å². The number of nitrogens with zero attached hydrogens (tertiary/aromatic N) is 2. The molecule has 266 valence electrons. The van der Waals surface area contributed by atoms with Gasteiger partial charge in [-0.3, -0.25) is 28.0 Å². The SMILES string of the molecule is CN(CCCN(CCC(=O)NC(C)(C)CS(=O)(=O)O)CCC(=O)NC(C)(C)CS(=O)(=O)O)CCC(=O)NC(C)(C)CS(=O)(=O)O. The fraction of sp³-hybridized carbons (Fsp3) is 0.880. The van der Waals surface area contributed by atoms with E-state index in [2.05, 4.69) is 16.0 Å². The maximum absolute atomic E-state index is 12.5. The third-order valence-electron chi connectivity index (χ3n) is 6.11. The number of amides is 3. The Morgan fingerprint density at radius 3 is 1.11 bits per heavy atom. The first-order chi connectivity index (χ1) is 20.0. The fourth-order valence-electron chi connectivity index (χ4n) is 4.62. The lowest BCUT2D eigenvalue weighted by Crippen LogP contribution is -2.49. The highest BCUT2D eigenvalue weighted by atomic mass is 32.2. The summed E-state index contributed by atoms with van der Waals surface area (Å²) in [5.74, 6) is -3.36. The Kier molecular flexibility index (Phi) is 16.5. The van der Waals surface area contributed by atoms with E-state index in [1.54, 1.807) is 7.05 Å². The Bertz CT molecular complexity index is 1270. The van der Waals surface area contributed by atoms with Crippen LogP contribution in [0.4, 0.5) is 0 Å². The molecule has 0 rings (SSSR count). The van der Waals surface area contributed by atoms with Gasteiger partial charge in [0.1, 0.15) is 0 Å². The van der Waals surface area contributed by atoms with Crippen LogP contribution < -0.4 is 16.0 Å². The van der Waals surface area contributed by atoms with E-state index in [9.17, 15) is 39.6 Å². The number of hydrogen-bond acceptors (Lipinski definition) is 11. The summed E-state index contributed by atoms with van der Waals surface area (Å²) in [5.41, 5.74) is -3.62. The van der Waals surface area contributed by atoms with Crippen LogP contribution in [0.25, 0.3) is 0 Å². The molecule has 0 heterocycles. The molecular weight excluding hydrogens is 658 g/mol.